The lowest BCUT2D eigenvalue weighted by Gasteiger charge is -2.20. The fourth-order valence-electron chi connectivity index (χ4n) is 1.05. The summed E-state index contributed by atoms with van der Waals surface area (Å²) in [7, 11) is 5.45. The van der Waals surface area contributed by atoms with Crippen molar-refractivity contribution in [3.63, 3.8) is 0 Å². The molecule has 1 rings (SSSR count). The van der Waals surface area contributed by atoms with Gasteiger partial charge in [0.25, 0.3) is 0 Å². The summed E-state index contributed by atoms with van der Waals surface area (Å²) in [6.45, 7) is 1.94. The molecule has 1 fully saturated rings. The van der Waals surface area contributed by atoms with Crippen LogP contribution in [0.15, 0.2) is 0 Å². The topological polar surface area (TPSA) is 29.5 Å². The van der Waals surface area contributed by atoms with Crippen molar-refractivity contribution < 1.29 is 9.84 Å². The molecule has 2 atom stereocenters. The van der Waals surface area contributed by atoms with Gasteiger partial charge in [0.1, 0.15) is 7.85 Å². The second-order valence-electron chi connectivity index (χ2n) is 2.80. The highest BCUT2D eigenvalue weighted by Crippen LogP contribution is 2.27. The summed E-state index contributed by atoms with van der Waals surface area (Å²) in [6.07, 6.45) is 1.72. The molecule has 0 saturated carbocycles. The lowest BCUT2D eigenvalue weighted by atomic mass is 9.96. The first kappa shape index (κ1) is 7.10. The Morgan fingerprint density at radius 1 is 1.89 bits per heavy atom. The molecule has 1 aliphatic heterocycles. The summed E-state index contributed by atoms with van der Waals surface area (Å²) in [5.74, 6) is 0. The molecular weight excluding hydrogens is 115 g/mol. The van der Waals surface area contributed by atoms with E-state index in [1.54, 1.807) is 0 Å². The first-order chi connectivity index (χ1) is 4.16. The highest BCUT2D eigenvalue weighted by atomic mass is 16.5. The number of aliphatic hydroxyl groups is 1. The third kappa shape index (κ3) is 1.46. The average molecular weight is 126 g/mol. The normalized spacial score (nSPS) is 43.6. The molecule has 9 heavy (non-hydrogen) atoms. The zero-order chi connectivity index (χ0) is 6.91. The van der Waals surface area contributed by atoms with Gasteiger partial charge in [-0.05, 0) is 19.8 Å². The minimum atomic E-state index is -0.362. The molecule has 1 N–H and O–H groups in total. The van der Waals surface area contributed by atoms with Gasteiger partial charge in [-0.15, -0.1) is 0 Å². The number of ether oxygens (including phenoxy) is 1. The SMILES string of the molecule is [B]C1CC[C@@](C)(CO)O1. The van der Waals surface area contributed by atoms with Crippen molar-refractivity contribution in [2.24, 2.45) is 0 Å². The Bertz CT molecular complexity index is 107. The predicted molar refractivity (Wildman–Crippen MR) is 35.4 cm³/mol. The van der Waals surface area contributed by atoms with Crippen LogP contribution < -0.4 is 0 Å². The summed E-state index contributed by atoms with van der Waals surface area (Å²) in [5.41, 5.74) is -0.362. The Balaban J connectivity index is 2.45. The van der Waals surface area contributed by atoms with E-state index in [0.29, 0.717) is 0 Å². The molecule has 1 heterocycles. The van der Waals surface area contributed by atoms with Crippen molar-refractivity contribution in [2.45, 2.75) is 31.4 Å². The fourth-order valence-corrected chi connectivity index (χ4v) is 1.05. The smallest absolute Gasteiger partial charge is 0.109 e. The van der Waals surface area contributed by atoms with Crippen molar-refractivity contribution in [1.82, 2.24) is 0 Å². The molecule has 0 aromatic heterocycles. The molecule has 1 unspecified atom stereocenters. The molecule has 0 spiro atoms. The highest BCUT2D eigenvalue weighted by Gasteiger charge is 2.32. The van der Waals surface area contributed by atoms with Crippen LogP contribution in [0.25, 0.3) is 0 Å². The van der Waals surface area contributed by atoms with Crippen molar-refractivity contribution in [3.8, 4) is 0 Å². The maximum absolute atomic E-state index is 8.76. The van der Waals surface area contributed by atoms with Gasteiger partial charge in [-0.3, -0.25) is 0 Å². The van der Waals surface area contributed by atoms with Gasteiger partial charge >= 0.3 is 0 Å². The Hall–Kier alpha value is -0.0151. The number of rotatable bonds is 1. The van der Waals surface area contributed by atoms with Gasteiger partial charge < -0.3 is 9.84 Å². The molecular formula is C6H11BO2. The minimum Gasteiger partial charge on any atom is -0.393 e. The van der Waals surface area contributed by atoms with Crippen LogP contribution in [-0.2, 0) is 4.74 Å². The second-order valence-corrected chi connectivity index (χ2v) is 2.80. The van der Waals surface area contributed by atoms with Gasteiger partial charge in [-0.25, -0.2) is 0 Å². The first-order valence-corrected chi connectivity index (χ1v) is 3.20. The Labute approximate surface area is 56.6 Å². The van der Waals surface area contributed by atoms with Crippen molar-refractivity contribution in [1.29, 1.82) is 0 Å². The molecule has 0 aromatic rings. The van der Waals surface area contributed by atoms with E-state index in [2.05, 4.69) is 0 Å². The van der Waals surface area contributed by atoms with Gasteiger partial charge in [0.2, 0.25) is 0 Å². The zero-order valence-corrected chi connectivity index (χ0v) is 5.63. The monoisotopic (exact) mass is 126 g/mol. The van der Waals surface area contributed by atoms with Crippen LogP contribution in [0.2, 0.25) is 0 Å². The number of hydrogen-bond donors (Lipinski definition) is 1. The summed E-state index contributed by atoms with van der Waals surface area (Å²) >= 11 is 0. The van der Waals surface area contributed by atoms with Crippen LogP contribution in [0.5, 0.6) is 0 Å². The van der Waals surface area contributed by atoms with Gasteiger partial charge in [0, 0.05) is 6.00 Å². The Morgan fingerprint density at radius 3 is 2.78 bits per heavy atom. The van der Waals surface area contributed by atoms with E-state index in [1.807, 2.05) is 6.92 Å². The van der Waals surface area contributed by atoms with E-state index in [-0.39, 0.29) is 18.2 Å². The molecule has 0 amide bonds. The summed E-state index contributed by atoms with van der Waals surface area (Å²) in [5, 5.41) is 8.76. The maximum Gasteiger partial charge on any atom is 0.109 e. The van der Waals surface area contributed by atoms with Gasteiger partial charge in [0.05, 0.1) is 12.2 Å². The molecule has 0 aliphatic carbocycles. The standard InChI is InChI=1S/C6H11BO2/c1-6(4-8)3-2-5(7)9-6/h5,8H,2-4H2,1H3/t5?,6-/m0/s1. The predicted octanol–water partition coefficient (Wildman–Crippen LogP) is 0.0424. The van der Waals surface area contributed by atoms with Crippen molar-refractivity contribution >= 4 is 7.85 Å². The molecule has 1 saturated heterocycles. The molecule has 0 aromatic carbocycles. The largest absolute Gasteiger partial charge is 0.393 e. The van der Waals surface area contributed by atoms with Crippen LogP contribution in [0.1, 0.15) is 19.8 Å². The lowest BCUT2D eigenvalue weighted by Crippen LogP contribution is -2.29. The molecule has 3 heteroatoms. The van der Waals surface area contributed by atoms with E-state index in [1.165, 1.54) is 0 Å². The lowest BCUT2D eigenvalue weighted by molar-refractivity contribution is -0.0365. The van der Waals surface area contributed by atoms with Gasteiger partial charge in [-0.2, -0.15) is 0 Å². The van der Waals surface area contributed by atoms with Crippen molar-refractivity contribution in [3.05, 3.63) is 0 Å². The zero-order valence-electron chi connectivity index (χ0n) is 5.63. The van der Waals surface area contributed by atoms with E-state index in [0.717, 1.165) is 12.8 Å². The third-order valence-corrected chi connectivity index (χ3v) is 1.73. The molecule has 2 nitrogen and oxygen atoms in total. The summed E-state index contributed by atoms with van der Waals surface area (Å²) in [6, 6.07) is -0.165. The Morgan fingerprint density at radius 2 is 2.56 bits per heavy atom. The van der Waals surface area contributed by atoms with Crippen molar-refractivity contribution in [2.75, 3.05) is 6.61 Å². The van der Waals surface area contributed by atoms with Gasteiger partial charge in [0.15, 0.2) is 0 Å². The molecule has 0 bridgehead atoms. The third-order valence-electron chi connectivity index (χ3n) is 1.73. The van der Waals surface area contributed by atoms with E-state index >= 15 is 0 Å². The highest BCUT2D eigenvalue weighted by molar-refractivity contribution is 6.11. The second kappa shape index (κ2) is 2.31. The van der Waals surface area contributed by atoms with Crippen LogP contribution in [0.4, 0.5) is 0 Å². The van der Waals surface area contributed by atoms with E-state index < -0.39 is 0 Å². The minimum absolute atomic E-state index is 0.0701. The van der Waals surface area contributed by atoms with Crippen LogP contribution in [-0.4, -0.2) is 31.2 Å². The van der Waals surface area contributed by atoms with Crippen LogP contribution in [0.3, 0.4) is 0 Å². The van der Waals surface area contributed by atoms with Crippen LogP contribution in [0, 0.1) is 0 Å². The fraction of sp³-hybridized carbons (Fsp3) is 1.00. The van der Waals surface area contributed by atoms with E-state index in [4.69, 9.17) is 17.7 Å². The maximum atomic E-state index is 8.76. The molecule has 50 valence electrons. The summed E-state index contributed by atoms with van der Waals surface area (Å²) in [4.78, 5) is 0. The molecule has 2 radical (unpaired) electrons. The average Bonchev–Trinajstić information content (AvgIpc) is 2.13. The summed E-state index contributed by atoms with van der Waals surface area (Å²) < 4.78 is 5.23. The van der Waals surface area contributed by atoms with E-state index in [9.17, 15) is 0 Å². The number of hydrogen-bond acceptors (Lipinski definition) is 2. The van der Waals surface area contributed by atoms with Crippen LogP contribution >= 0.6 is 0 Å². The first-order valence-electron chi connectivity index (χ1n) is 3.20. The molecule has 1 aliphatic rings. The Kier molecular flexibility index (Phi) is 1.82. The quantitative estimate of drug-likeness (QED) is 0.502. The number of aliphatic hydroxyl groups excluding tert-OH is 1. The van der Waals surface area contributed by atoms with Gasteiger partial charge in [-0.1, -0.05) is 0 Å².